The Morgan fingerprint density at radius 1 is 1.18 bits per heavy atom. The number of esters is 1. The number of carbonyl (C=O) groups excluding carboxylic acids is 1. The largest absolute Gasteiger partial charge is 0.504 e. The van der Waals surface area contributed by atoms with Gasteiger partial charge in [-0.2, -0.15) is 0 Å². The van der Waals surface area contributed by atoms with Crippen molar-refractivity contribution >= 4 is 21.9 Å². The van der Waals surface area contributed by atoms with E-state index in [1.54, 1.807) is 12.1 Å². The first-order valence-electron chi connectivity index (χ1n) is 6.84. The monoisotopic (exact) mass is 364 g/mol. The molecular weight excluding hydrogens is 348 g/mol. The molecule has 0 atom stereocenters. The smallest absolute Gasteiger partial charge is 0.306 e. The van der Waals surface area contributed by atoms with Crippen molar-refractivity contribution in [2.45, 2.75) is 19.4 Å². The van der Waals surface area contributed by atoms with Gasteiger partial charge in [0.2, 0.25) is 0 Å². The molecule has 4 nitrogen and oxygen atoms in total. The van der Waals surface area contributed by atoms with Crippen molar-refractivity contribution in [2.24, 2.45) is 0 Å². The molecule has 0 aliphatic rings. The second-order valence-electron chi connectivity index (χ2n) is 4.80. The number of benzene rings is 2. The number of phenolic OH excluding ortho intramolecular Hbond substituents is 1. The van der Waals surface area contributed by atoms with Gasteiger partial charge in [0.1, 0.15) is 6.61 Å². The Kier molecular flexibility index (Phi) is 5.83. The number of phenols is 1. The molecule has 0 aliphatic carbocycles. The van der Waals surface area contributed by atoms with Gasteiger partial charge in [-0.05, 0) is 41.8 Å². The number of hydrogen-bond acceptors (Lipinski definition) is 4. The maximum Gasteiger partial charge on any atom is 0.306 e. The van der Waals surface area contributed by atoms with Gasteiger partial charge in [0, 0.05) is 10.9 Å². The first kappa shape index (κ1) is 16.4. The van der Waals surface area contributed by atoms with E-state index in [1.807, 2.05) is 30.3 Å². The molecule has 116 valence electrons. The van der Waals surface area contributed by atoms with E-state index >= 15 is 0 Å². The fraction of sp³-hybridized carbons (Fsp3) is 0.235. The summed E-state index contributed by atoms with van der Waals surface area (Å²) in [7, 11) is 1.49. The van der Waals surface area contributed by atoms with Crippen LogP contribution in [0.4, 0.5) is 0 Å². The average Bonchev–Trinajstić information content (AvgIpc) is 2.51. The Morgan fingerprint density at radius 2 is 2.00 bits per heavy atom. The van der Waals surface area contributed by atoms with E-state index in [1.165, 1.54) is 7.11 Å². The van der Waals surface area contributed by atoms with Crippen molar-refractivity contribution in [2.75, 3.05) is 7.11 Å². The fourth-order valence-electron chi connectivity index (χ4n) is 2.00. The molecule has 0 heterocycles. The van der Waals surface area contributed by atoms with Crippen LogP contribution in [0.15, 0.2) is 46.9 Å². The van der Waals surface area contributed by atoms with Crippen molar-refractivity contribution in [3.63, 3.8) is 0 Å². The third kappa shape index (κ3) is 4.77. The number of ether oxygens (including phenoxy) is 2. The lowest BCUT2D eigenvalue weighted by molar-refractivity contribution is -0.144. The van der Waals surface area contributed by atoms with Crippen molar-refractivity contribution in [3.8, 4) is 11.5 Å². The zero-order chi connectivity index (χ0) is 15.9. The number of hydrogen-bond donors (Lipinski definition) is 1. The molecule has 0 spiro atoms. The van der Waals surface area contributed by atoms with Gasteiger partial charge < -0.3 is 14.6 Å². The van der Waals surface area contributed by atoms with Crippen LogP contribution in [0, 0.1) is 0 Å². The van der Waals surface area contributed by atoms with Crippen LogP contribution in [0.2, 0.25) is 0 Å². The summed E-state index contributed by atoms with van der Waals surface area (Å²) in [4.78, 5) is 11.8. The first-order chi connectivity index (χ1) is 10.6. The van der Waals surface area contributed by atoms with Crippen molar-refractivity contribution in [1.82, 2.24) is 0 Å². The molecule has 0 bridgehead atoms. The van der Waals surface area contributed by atoms with E-state index in [2.05, 4.69) is 15.9 Å². The van der Waals surface area contributed by atoms with Gasteiger partial charge in [0.25, 0.3) is 0 Å². The molecule has 0 aromatic heterocycles. The molecule has 1 N–H and O–H groups in total. The topological polar surface area (TPSA) is 55.8 Å². The van der Waals surface area contributed by atoms with Crippen LogP contribution in [0.5, 0.6) is 11.5 Å². The van der Waals surface area contributed by atoms with Gasteiger partial charge >= 0.3 is 5.97 Å². The van der Waals surface area contributed by atoms with Crippen molar-refractivity contribution in [1.29, 1.82) is 0 Å². The van der Waals surface area contributed by atoms with E-state index in [0.29, 0.717) is 12.2 Å². The van der Waals surface area contributed by atoms with Crippen LogP contribution in [-0.4, -0.2) is 18.2 Å². The van der Waals surface area contributed by atoms with E-state index in [-0.39, 0.29) is 24.7 Å². The summed E-state index contributed by atoms with van der Waals surface area (Å²) in [5.41, 5.74) is 1.79. The molecule has 22 heavy (non-hydrogen) atoms. The molecule has 2 aromatic carbocycles. The molecule has 0 saturated heterocycles. The van der Waals surface area contributed by atoms with Crippen molar-refractivity contribution < 1.29 is 19.4 Å². The molecular formula is C17H17BrO4. The van der Waals surface area contributed by atoms with Crippen LogP contribution >= 0.6 is 15.9 Å². The standard InChI is InChI=1S/C17H17BrO4/c1-21-16-7-5-12(10-15(16)19)6-8-17(20)22-11-13-3-2-4-14(18)9-13/h2-5,7,9-10,19H,6,8,11H2,1H3. The lowest BCUT2D eigenvalue weighted by Crippen LogP contribution is -2.06. The lowest BCUT2D eigenvalue weighted by atomic mass is 10.1. The minimum absolute atomic E-state index is 0.0718. The third-order valence-electron chi connectivity index (χ3n) is 3.15. The van der Waals surface area contributed by atoms with Crippen molar-refractivity contribution in [3.05, 3.63) is 58.1 Å². The highest BCUT2D eigenvalue weighted by atomic mass is 79.9. The molecule has 0 saturated carbocycles. The summed E-state index contributed by atoms with van der Waals surface area (Å²) in [5.74, 6) is 0.221. The van der Waals surface area contributed by atoms with Gasteiger partial charge in [0.05, 0.1) is 7.11 Å². The summed E-state index contributed by atoms with van der Waals surface area (Å²) in [6, 6.07) is 12.7. The summed E-state index contributed by atoms with van der Waals surface area (Å²) in [6.07, 6.45) is 0.772. The maximum absolute atomic E-state index is 11.8. The summed E-state index contributed by atoms with van der Waals surface area (Å²) < 4.78 is 11.2. The zero-order valence-corrected chi connectivity index (χ0v) is 13.8. The van der Waals surface area contributed by atoms with Crippen LogP contribution < -0.4 is 4.74 Å². The maximum atomic E-state index is 11.8. The highest BCUT2D eigenvalue weighted by molar-refractivity contribution is 9.10. The third-order valence-corrected chi connectivity index (χ3v) is 3.64. The number of halogens is 1. The normalized spacial score (nSPS) is 10.3. The summed E-state index contributed by atoms with van der Waals surface area (Å²) in [6.45, 7) is 0.256. The van der Waals surface area contributed by atoms with Gasteiger partial charge in [-0.3, -0.25) is 4.79 Å². The highest BCUT2D eigenvalue weighted by Crippen LogP contribution is 2.26. The minimum Gasteiger partial charge on any atom is -0.504 e. The SMILES string of the molecule is COc1ccc(CCC(=O)OCc2cccc(Br)c2)cc1O. The van der Waals surface area contributed by atoms with Gasteiger partial charge in [0.15, 0.2) is 11.5 Å². The van der Waals surface area contributed by atoms with Crippen LogP contribution in [-0.2, 0) is 22.6 Å². The first-order valence-corrected chi connectivity index (χ1v) is 7.63. The van der Waals surface area contributed by atoms with Gasteiger partial charge in [-0.15, -0.1) is 0 Å². The number of rotatable bonds is 6. The molecule has 2 rings (SSSR count). The summed E-state index contributed by atoms with van der Waals surface area (Å²) in [5, 5.41) is 9.69. The van der Waals surface area contributed by atoms with E-state index in [0.717, 1.165) is 15.6 Å². The van der Waals surface area contributed by atoms with E-state index in [9.17, 15) is 9.90 Å². The average molecular weight is 365 g/mol. The quantitative estimate of drug-likeness (QED) is 0.791. The Hall–Kier alpha value is -2.01. The molecule has 0 radical (unpaired) electrons. The Labute approximate surface area is 137 Å². The molecule has 5 heteroatoms. The van der Waals surface area contributed by atoms with Crippen LogP contribution in [0.25, 0.3) is 0 Å². The zero-order valence-electron chi connectivity index (χ0n) is 12.2. The highest BCUT2D eigenvalue weighted by Gasteiger charge is 2.07. The number of aryl methyl sites for hydroxylation is 1. The predicted octanol–water partition coefficient (Wildman–Crippen LogP) is 3.84. The summed E-state index contributed by atoms with van der Waals surface area (Å²) >= 11 is 3.37. The Morgan fingerprint density at radius 3 is 2.68 bits per heavy atom. The predicted molar refractivity (Wildman–Crippen MR) is 86.9 cm³/mol. The van der Waals surface area contributed by atoms with Gasteiger partial charge in [-0.25, -0.2) is 0 Å². The number of aromatic hydroxyl groups is 1. The van der Waals surface area contributed by atoms with Crippen LogP contribution in [0.3, 0.4) is 0 Å². The van der Waals surface area contributed by atoms with E-state index in [4.69, 9.17) is 9.47 Å². The molecule has 2 aromatic rings. The molecule has 0 fully saturated rings. The Balaban J connectivity index is 1.81. The number of carbonyl (C=O) groups is 1. The second kappa shape index (κ2) is 7.84. The number of methoxy groups -OCH3 is 1. The van der Waals surface area contributed by atoms with Gasteiger partial charge in [-0.1, -0.05) is 34.1 Å². The Bertz CT molecular complexity index is 655. The molecule has 0 aliphatic heterocycles. The minimum atomic E-state index is -0.268. The van der Waals surface area contributed by atoms with E-state index < -0.39 is 0 Å². The fourth-order valence-corrected chi connectivity index (χ4v) is 2.45. The second-order valence-corrected chi connectivity index (χ2v) is 5.71. The molecule has 0 amide bonds. The van der Waals surface area contributed by atoms with Crippen LogP contribution in [0.1, 0.15) is 17.5 Å². The molecule has 0 unspecified atom stereocenters. The lowest BCUT2D eigenvalue weighted by Gasteiger charge is -2.07.